The van der Waals surface area contributed by atoms with Crippen molar-refractivity contribution in [2.75, 3.05) is 24.5 Å². The van der Waals surface area contributed by atoms with Crippen LogP contribution in [0.3, 0.4) is 0 Å². The Labute approximate surface area is 242 Å². The van der Waals surface area contributed by atoms with E-state index in [2.05, 4.69) is 10.3 Å². The zero-order valence-corrected chi connectivity index (χ0v) is 23.4. The summed E-state index contributed by atoms with van der Waals surface area (Å²) in [6.45, 7) is -0.467. The second kappa shape index (κ2) is 12.8. The molecule has 238 valence electrons. The molecule has 1 aliphatic rings. The molecule has 9 nitrogen and oxygen atoms in total. The van der Waals surface area contributed by atoms with Crippen molar-refractivity contribution in [1.29, 1.82) is 0 Å². The standard InChI is InChI=1S/C26H29F7N4O5S/c1-35-18(13-34)11-19(14-38)36-23(39)12-20-6-2-15-10-16(24(40,25(28,29)30)26(31,32)33)3-9-22(15)37(20)43(41,42)21-7-4-17(27)5-8-21/h3-5,7-10,19-20,38,40H,2,6,11-14,34H2,1H3,(H,36,39). The van der Waals surface area contributed by atoms with Gasteiger partial charge in [0.15, 0.2) is 0 Å². The van der Waals surface area contributed by atoms with Gasteiger partial charge in [0.2, 0.25) is 5.91 Å². The Morgan fingerprint density at radius 2 is 1.72 bits per heavy atom. The first-order valence-corrected chi connectivity index (χ1v) is 14.2. The Morgan fingerprint density at radius 1 is 1.12 bits per heavy atom. The first-order chi connectivity index (χ1) is 19.9. The molecule has 0 saturated carbocycles. The van der Waals surface area contributed by atoms with E-state index >= 15 is 0 Å². The Kier molecular flexibility index (Phi) is 10.1. The van der Waals surface area contributed by atoms with Gasteiger partial charge in [0.25, 0.3) is 15.6 Å². The number of carbonyl (C=O) groups excluding carboxylic acids is 1. The van der Waals surface area contributed by atoms with Crippen LogP contribution in [0.2, 0.25) is 0 Å². The molecule has 1 heterocycles. The Morgan fingerprint density at radius 3 is 2.23 bits per heavy atom. The molecule has 1 amide bonds. The highest BCUT2D eigenvalue weighted by molar-refractivity contribution is 7.92. The van der Waals surface area contributed by atoms with E-state index in [0.717, 1.165) is 24.3 Å². The number of anilines is 1. The summed E-state index contributed by atoms with van der Waals surface area (Å²) in [5.41, 5.74) is -1.37. The summed E-state index contributed by atoms with van der Waals surface area (Å²) in [6, 6.07) is 2.92. The van der Waals surface area contributed by atoms with Gasteiger partial charge >= 0.3 is 12.4 Å². The Balaban J connectivity index is 2.07. The average molecular weight is 643 g/mol. The summed E-state index contributed by atoms with van der Waals surface area (Å²) in [6.07, 6.45) is -13.2. The van der Waals surface area contributed by atoms with Crippen LogP contribution in [0, 0.1) is 5.82 Å². The van der Waals surface area contributed by atoms with Gasteiger partial charge in [-0.25, -0.2) is 12.8 Å². The highest BCUT2D eigenvalue weighted by Crippen LogP contribution is 2.51. The quantitative estimate of drug-likeness (QED) is 0.232. The fourth-order valence-electron chi connectivity index (χ4n) is 4.79. The molecule has 2 unspecified atom stereocenters. The molecule has 0 aromatic heterocycles. The van der Waals surface area contributed by atoms with Gasteiger partial charge in [-0.05, 0) is 48.7 Å². The van der Waals surface area contributed by atoms with Crippen LogP contribution in [0.1, 0.15) is 30.4 Å². The number of benzene rings is 2. The maximum Gasteiger partial charge on any atom is 0.430 e. The zero-order valence-electron chi connectivity index (χ0n) is 22.6. The Hall–Kier alpha value is -3.28. The molecular formula is C26H29F7N4O5S. The van der Waals surface area contributed by atoms with Crippen LogP contribution < -0.4 is 15.4 Å². The van der Waals surface area contributed by atoms with Gasteiger partial charge in [-0.3, -0.25) is 14.1 Å². The lowest BCUT2D eigenvalue weighted by molar-refractivity contribution is -0.376. The number of aryl methyl sites for hydroxylation is 1. The number of nitrogens with one attached hydrogen (secondary N) is 1. The van der Waals surface area contributed by atoms with Gasteiger partial charge in [-0.2, -0.15) is 26.3 Å². The molecule has 17 heteroatoms. The number of sulfonamides is 1. The minimum Gasteiger partial charge on any atom is -0.394 e. The minimum absolute atomic E-state index is 0.0474. The second-order valence-electron chi connectivity index (χ2n) is 9.85. The molecule has 2 aromatic carbocycles. The predicted molar refractivity (Wildman–Crippen MR) is 141 cm³/mol. The molecule has 0 fully saturated rings. The SMILES string of the molecule is CN=C(CN)CC(CO)NC(=O)CC1CCc2cc(C(O)(C(F)(F)F)C(F)(F)F)ccc2N1S(=O)(=O)c1ccc(F)cc1. The van der Waals surface area contributed by atoms with Crippen LogP contribution in [-0.2, 0) is 26.8 Å². The van der Waals surface area contributed by atoms with Crippen molar-refractivity contribution in [3.05, 3.63) is 59.4 Å². The van der Waals surface area contributed by atoms with Crippen LogP contribution in [0.4, 0.5) is 36.4 Å². The molecule has 1 aliphatic heterocycles. The first-order valence-electron chi connectivity index (χ1n) is 12.7. The monoisotopic (exact) mass is 642 g/mol. The van der Waals surface area contributed by atoms with E-state index in [4.69, 9.17) is 5.73 Å². The van der Waals surface area contributed by atoms with Crippen molar-refractivity contribution >= 4 is 27.3 Å². The van der Waals surface area contributed by atoms with Crippen LogP contribution in [0.25, 0.3) is 0 Å². The number of hydrogen-bond acceptors (Lipinski definition) is 7. The average Bonchev–Trinajstić information content (AvgIpc) is 2.93. The van der Waals surface area contributed by atoms with Crippen LogP contribution in [-0.4, -0.2) is 74.9 Å². The van der Waals surface area contributed by atoms with Gasteiger partial charge in [0, 0.05) is 37.7 Å². The fourth-order valence-corrected chi connectivity index (χ4v) is 6.51. The second-order valence-corrected chi connectivity index (χ2v) is 11.7. The molecule has 2 atom stereocenters. The third-order valence-electron chi connectivity index (χ3n) is 7.04. The van der Waals surface area contributed by atoms with Gasteiger partial charge in [-0.1, -0.05) is 12.1 Å². The van der Waals surface area contributed by atoms with Crippen molar-refractivity contribution in [2.24, 2.45) is 10.7 Å². The zero-order chi connectivity index (χ0) is 32.4. The molecule has 0 saturated heterocycles. The molecule has 5 N–H and O–H groups in total. The van der Waals surface area contributed by atoms with Gasteiger partial charge in [0.1, 0.15) is 5.82 Å². The van der Waals surface area contributed by atoms with Crippen LogP contribution in [0.15, 0.2) is 52.4 Å². The van der Waals surface area contributed by atoms with E-state index in [1.54, 1.807) is 0 Å². The van der Waals surface area contributed by atoms with Crippen LogP contribution in [0.5, 0.6) is 0 Å². The molecule has 0 radical (unpaired) electrons. The van der Waals surface area contributed by atoms with Crippen molar-refractivity contribution in [3.63, 3.8) is 0 Å². The van der Waals surface area contributed by atoms with E-state index in [1.807, 2.05) is 0 Å². The summed E-state index contributed by atoms with van der Waals surface area (Å²) in [4.78, 5) is 16.4. The highest BCUT2D eigenvalue weighted by Gasteiger charge is 2.71. The van der Waals surface area contributed by atoms with E-state index in [0.29, 0.717) is 28.2 Å². The van der Waals surface area contributed by atoms with E-state index in [-0.39, 0.29) is 37.1 Å². The number of aliphatic hydroxyl groups excluding tert-OH is 1. The number of aliphatic imine (C=N–C) groups is 1. The van der Waals surface area contributed by atoms with Crippen molar-refractivity contribution < 1.29 is 54.2 Å². The van der Waals surface area contributed by atoms with Crippen molar-refractivity contribution in [1.82, 2.24) is 5.32 Å². The number of nitrogens with zero attached hydrogens (tertiary/aromatic N) is 2. The maximum absolute atomic E-state index is 13.7. The topological polar surface area (TPSA) is 145 Å². The third-order valence-corrected chi connectivity index (χ3v) is 8.93. The summed E-state index contributed by atoms with van der Waals surface area (Å²) < 4.78 is 123. The minimum atomic E-state index is -6.16. The summed E-state index contributed by atoms with van der Waals surface area (Å²) in [7, 11) is -3.19. The molecule has 0 aliphatic carbocycles. The normalized spacial score (nSPS) is 17.4. The molecule has 3 rings (SSSR count). The third kappa shape index (κ3) is 6.94. The lowest BCUT2D eigenvalue weighted by Gasteiger charge is -2.39. The van der Waals surface area contributed by atoms with Gasteiger partial charge in [-0.15, -0.1) is 0 Å². The largest absolute Gasteiger partial charge is 0.430 e. The first kappa shape index (κ1) is 34.2. The van der Waals surface area contributed by atoms with Crippen LogP contribution >= 0.6 is 0 Å². The molecule has 43 heavy (non-hydrogen) atoms. The summed E-state index contributed by atoms with van der Waals surface area (Å²) in [5.74, 6) is -1.50. The molecule has 2 aromatic rings. The number of amides is 1. The molecular weight excluding hydrogens is 613 g/mol. The number of nitrogens with two attached hydrogens (primary N) is 1. The fraction of sp³-hybridized carbons (Fsp3) is 0.462. The molecule has 0 spiro atoms. The number of halogens is 7. The number of rotatable bonds is 10. The number of aliphatic hydroxyl groups is 2. The summed E-state index contributed by atoms with van der Waals surface area (Å²) >= 11 is 0. The lowest BCUT2D eigenvalue weighted by Crippen LogP contribution is -2.54. The van der Waals surface area contributed by atoms with Gasteiger partial charge < -0.3 is 21.3 Å². The predicted octanol–water partition coefficient (Wildman–Crippen LogP) is 2.93. The van der Waals surface area contributed by atoms with E-state index in [1.165, 1.54) is 7.05 Å². The van der Waals surface area contributed by atoms with Gasteiger partial charge in [0.05, 0.1) is 29.3 Å². The maximum atomic E-state index is 13.7. The highest BCUT2D eigenvalue weighted by atomic mass is 32.2. The van der Waals surface area contributed by atoms with E-state index in [9.17, 15) is 54.2 Å². The number of fused-ring (bicyclic) bond motifs is 1. The van der Waals surface area contributed by atoms with Crippen molar-refractivity contribution in [2.45, 2.75) is 60.6 Å². The number of carbonyl (C=O) groups is 1. The lowest BCUT2D eigenvalue weighted by atomic mass is 9.87. The summed E-state index contributed by atoms with van der Waals surface area (Å²) in [5, 5.41) is 22.1. The smallest absolute Gasteiger partial charge is 0.394 e. The Bertz CT molecular complexity index is 1430. The molecule has 0 bridgehead atoms. The number of hydrogen-bond donors (Lipinski definition) is 4. The van der Waals surface area contributed by atoms with E-state index < -0.39 is 75.3 Å². The van der Waals surface area contributed by atoms with Crippen molar-refractivity contribution in [3.8, 4) is 0 Å². The number of alkyl halides is 6.